The van der Waals surface area contributed by atoms with E-state index in [0.717, 1.165) is 28.6 Å². The highest BCUT2D eigenvalue weighted by Crippen LogP contribution is 2.28. The lowest BCUT2D eigenvalue weighted by molar-refractivity contribution is -0.196. The molecular weight excluding hydrogens is 558 g/mol. The average Bonchev–Trinajstić information content (AvgIpc) is 2.93. The zero-order valence-electron chi connectivity index (χ0n) is 22.2. The summed E-state index contributed by atoms with van der Waals surface area (Å²) in [6.45, 7) is 1.71. The molecule has 2 saturated heterocycles. The number of rotatable bonds is 7. The molecule has 0 radical (unpaired) electrons. The minimum Gasteiger partial charge on any atom is -0.333 e. The fraction of sp³-hybridized carbons (Fsp3) is 0.300. The fourth-order valence-corrected chi connectivity index (χ4v) is 5.47. The van der Waals surface area contributed by atoms with Crippen molar-refractivity contribution in [1.29, 1.82) is 0 Å². The third kappa shape index (κ3) is 7.11. The van der Waals surface area contributed by atoms with Crippen LogP contribution in [0.15, 0.2) is 89.4 Å². The average molecular weight is 593 g/mol. The first kappa shape index (κ1) is 28.5. The minimum absolute atomic E-state index is 0.0689. The van der Waals surface area contributed by atoms with E-state index in [4.69, 9.17) is 0 Å². The van der Waals surface area contributed by atoms with Crippen molar-refractivity contribution in [3.8, 4) is 0 Å². The van der Waals surface area contributed by atoms with Gasteiger partial charge in [0.15, 0.2) is 0 Å². The SMILES string of the molecule is CN1CC(=O)N2C(CN(Cc3cccc(Br)c3)C(=O)[C@@H]2Cc2ccccc2)N1C=O.CNCc1ccccc1. The number of hydrogen-bond acceptors (Lipinski definition) is 5. The molecule has 5 rings (SSSR count). The van der Waals surface area contributed by atoms with Crippen LogP contribution >= 0.6 is 15.9 Å². The van der Waals surface area contributed by atoms with Gasteiger partial charge < -0.3 is 15.1 Å². The molecule has 8 nitrogen and oxygen atoms in total. The maximum absolute atomic E-state index is 13.5. The van der Waals surface area contributed by atoms with E-state index < -0.39 is 12.2 Å². The Morgan fingerprint density at radius 1 is 0.923 bits per heavy atom. The molecule has 1 N–H and O–H groups in total. The number of amides is 3. The second-order valence-electron chi connectivity index (χ2n) is 9.65. The molecule has 0 spiro atoms. The molecule has 2 fully saturated rings. The topological polar surface area (TPSA) is 76.2 Å². The van der Waals surface area contributed by atoms with Crippen LogP contribution in [0.2, 0.25) is 0 Å². The number of carbonyl (C=O) groups excluding carboxylic acids is 3. The molecule has 0 saturated carbocycles. The van der Waals surface area contributed by atoms with Crippen LogP contribution < -0.4 is 5.32 Å². The molecule has 39 heavy (non-hydrogen) atoms. The van der Waals surface area contributed by atoms with Gasteiger partial charge in [-0.1, -0.05) is 88.7 Å². The van der Waals surface area contributed by atoms with E-state index in [9.17, 15) is 14.4 Å². The molecule has 2 aliphatic rings. The summed E-state index contributed by atoms with van der Waals surface area (Å²) < 4.78 is 0.939. The molecule has 0 aliphatic carbocycles. The number of carbonyl (C=O) groups is 3. The minimum atomic E-state index is -0.651. The molecule has 0 bridgehead atoms. The van der Waals surface area contributed by atoms with Crippen LogP contribution in [0.3, 0.4) is 0 Å². The van der Waals surface area contributed by atoms with Crippen molar-refractivity contribution in [2.45, 2.75) is 31.7 Å². The van der Waals surface area contributed by atoms with Gasteiger partial charge in [-0.2, -0.15) is 0 Å². The van der Waals surface area contributed by atoms with Crippen molar-refractivity contribution in [1.82, 2.24) is 25.1 Å². The Bertz CT molecular complexity index is 1260. The first-order valence-corrected chi connectivity index (χ1v) is 13.7. The number of halogens is 1. The molecular formula is C30H34BrN5O3. The van der Waals surface area contributed by atoms with Crippen molar-refractivity contribution in [3.63, 3.8) is 0 Å². The van der Waals surface area contributed by atoms with Gasteiger partial charge in [-0.3, -0.25) is 19.4 Å². The Hall–Kier alpha value is -3.53. The van der Waals surface area contributed by atoms with Gasteiger partial charge in [-0.25, -0.2) is 5.01 Å². The summed E-state index contributed by atoms with van der Waals surface area (Å²) in [7, 11) is 3.66. The Balaban J connectivity index is 0.000000333. The molecule has 2 aliphatic heterocycles. The number of nitrogens with one attached hydrogen (secondary N) is 1. The van der Waals surface area contributed by atoms with Gasteiger partial charge in [0, 0.05) is 31.0 Å². The number of nitrogens with zero attached hydrogens (tertiary/aromatic N) is 4. The van der Waals surface area contributed by atoms with Gasteiger partial charge in [0.05, 0.1) is 13.1 Å². The Morgan fingerprint density at radius 2 is 1.56 bits per heavy atom. The highest BCUT2D eigenvalue weighted by Gasteiger charge is 2.48. The molecule has 2 heterocycles. The number of hydrazine groups is 1. The lowest BCUT2D eigenvalue weighted by atomic mass is 9.98. The van der Waals surface area contributed by atoms with E-state index in [2.05, 4.69) is 33.4 Å². The molecule has 3 aromatic rings. The van der Waals surface area contributed by atoms with Crippen molar-refractivity contribution in [2.24, 2.45) is 0 Å². The van der Waals surface area contributed by atoms with Crippen LogP contribution in [0, 0.1) is 0 Å². The maximum atomic E-state index is 13.5. The van der Waals surface area contributed by atoms with Gasteiger partial charge in [-0.05, 0) is 35.9 Å². The van der Waals surface area contributed by atoms with E-state index in [1.807, 2.05) is 79.8 Å². The predicted molar refractivity (Wildman–Crippen MR) is 154 cm³/mol. The van der Waals surface area contributed by atoms with Crippen LogP contribution in [0.25, 0.3) is 0 Å². The normalized spacial score (nSPS) is 19.3. The first-order chi connectivity index (χ1) is 18.9. The number of hydrogen-bond donors (Lipinski definition) is 1. The van der Waals surface area contributed by atoms with E-state index in [1.54, 1.807) is 21.9 Å². The second-order valence-corrected chi connectivity index (χ2v) is 10.6. The molecule has 2 atom stereocenters. The fourth-order valence-electron chi connectivity index (χ4n) is 5.02. The van der Waals surface area contributed by atoms with E-state index in [0.29, 0.717) is 13.0 Å². The smallest absolute Gasteiger partial charge is 0.246 e. The lowest BCUT2D eigenvalue weighted by Crippen LogP contribution is -2.74. The van der Waals surface area contributed by atoms with Gasteiger partial charge in [0.1, 0.15) is 12.2 Å². The van der Waals surface area contributed by atoms with E-state index in [1.165, 1.54) is 10.6 Å². The summed E-state index contributed by atoms with van der Waals surface area (Å²) in [5, 5.41) is 6.21. The van der Waals surface area contributed by atoms with Crippen LogP contribution in [0.5, 0.6) is 0 Å². The van der Waals surface area contributed by atoms with Crippen molar-refractivity contribution in [2.75, 3.05) is 27.2 Å². The molecule has 204 valence electrons. The quantitative estimate of drug-likeness (QED) is 0.427. The van der Waals surface area contributed by atoms with Gasteiger partial charge >= 0.3 is 0 Å². The van der Waals surface area contributed by atoms with Crippen LogP contribution in [0.1, 0.15) is 16.7 Å². The predicted octanol–water partition coefficient (Wildman–Crippen LogP) is 3.28. The van der Waals surface area contributed by atoms with Crippen molar-refractivity contribution in [3.05, 3.63) is 106 Å². The van der Waals surface area contributed by atoms with E-state index in [-0.39, 0.29) is 24.9 Å². The highest BCUT2D eigenvalue weighted by atomic mass is 79.9. The maximum Gasteiger partial charge on any atom is 0.246 e. The van der Waals surface area contributed by atoms with Gasteiger partial charge in [0.2, 0.25) is 18.2 Å². The summed E-state index contributed by atoms with van der Waals surface area (Å²) in [6, 6.07) is 27.2. The number of likely N-dealkylation sites (N-methyl/N-ethyl adjacent to an activating group) is 1. The highest BCUT2D eigenvalue weighted by molar-refractivity contribution is 9.10. The molecule has 0 aromatic heterocycles. The van der Waals surface area contributed by atoms with Gasteiger partial charge in [0.25, 0.3) is 0 Å². The number of benzene rings is 3. The van der Waals surface area contributed by atoms with Crippen molar-refractivity contribution >= 4 is 34.2 Å². The first-order valence-electron chi connectivity index (χ1n) is 12.9. The lowest BCUT2D eigenvalue weighted by Gasteiger charge is -2.53. The second kappa shape index (κ2) is 13.5. The number of piperazine rings is 1. The zero-order chi connectivity index (χ0) is 27.8. The Morgan fingerprint density at radius 3 is 2.18 bits per heavy atom. The third-order valence-electron chi connectivity index (χ3n) is 6.86. The van der Waals surface area contributed by atoms with Crippen LogP contribution in [0.4, 0.5) is 0 Å². The Kier molecular flexibility index (Phi) is 9.86. The molecule has 1 unspecified atom stereocenters. The van der Waals surface area contributed by atoms with Crippen molar-refractivity contribution < 1.29 is 14.4 Å². The Labute approximate surface area is 238 Å². The van der Waals surface area contributed by atoms with Gasteiger partial charge in [-0.15, -0.1) is 0 Å². The summed E-state index contributed by atoms with van der Waals surface area (Å²) in [4.78, 5) is 41.6. The number of fused-ring (bicyclic) bond motifs is 1. The monoisotopic (exact) mass is 591 g/mol. The van der Waals surface area contributed by atoms with Crippen LogP contribution in [-0.4, -0.2) is 77.4 Å². The summed E-state index contributed by atoms with van der Waals surface area (Å²) >= 11 is 3.47. The standard InChI is InChI=1S/C22H23BrN4O3.C8H11N/c1-24-14-21(29)27-19(11-16-6-3-2-4-7-16)22(30)25(13-20(27)26(24)15-28)12-17-8-5-9-18(23)10-17;1-9-7-8-5-3-2-4-6-8/h2-10,15,19-20H,11-14H2,1H3;2-6,9H,7H2,1H3/t19-,20?;/m0./s1. The molecule has 3 aromatic carbocycles. The van der Waals surface area contributed by atoms with E-state index >= 15 is 0 Å². The molecule has 3 amide bonds. The summed E-state index contributed by atoms with van der Waals surface area (Å²) in [5.74, 6) is -0.240. The largest absolute Gasteiger partial charge is 0.333 e. The summed E-state index contributed by atoms with van der Waals surface area (Å²) in [5.41, 5.74) is 3.29. The zero-order valence-corrected chi connectivity index (χ0v) is 23.8. The molecule has 9 heteroatoms. The third-order valence-corrected chi connectivity index (χ3v) is 7.35. The summed E-state index contributed by atoms with van der Waals surface area (Å²) in [6.07, 6.45) is 0.622. The van der Waals surface area contributed by atoms with Crippen LogP contribution in [-0.2, 0) is 33.9 Å².